The van der Waals surface area contributed by atoms with Gasteiger partial charge in [-0.15, -0.1) is 0 Å². The normalized spacial score (nSPS) is 18.6. The first kappa shape index (κ1) is 31.8. The van der Waals surface area contributed by atoms with Crippen molar-refractivity contribution in [1.82, 2.24) is 19.8 Å². The summed E-state index contributed by atoms with van der Waals surface area (Å²) in [5.74, 6) is -2.83. The third-order valence-corrected chi connectivity index (χ3v) is 8.83. The van der Waals surface area contributed by atoms with Crippen LogP contribution in [0.4, 0.5) is 20.3 Å². The molecule has 9 nitrogen and oxygen atoms in total. The molecule has 2 aliphatic heterocycles. The van der Waals surface area contributed by atoms with Gasteiger partial charge in [-0.3, -0.25) is 19.6 Å². The number of anilines is 2. The second kappa shape index (κ2) is 13.7. The first-order valence-electron chi connectivity index (χ1n) is 15.7. The van der Waals surface area contributed by atoms with Crippen LogP contribution < -0.4 is 10.1 Å². The molecule has 1 unspecified atom stereocenters. The predicted molar refractivity (Wildman–Crippen MR) is 173 cm³/mol. The van der Waals surface area contributed by atoms with Gasteiger partial charge in [0.15, 0.2) is 5.82 Å². The van der Waals surface area contributed by atoms with Gasteiger partial charge in [-0.1, -0.05) is 24.3 Å². The van der Waals surface area contributed by atoms with Crippen molar-refractivity contribution in [3.63, 3.8) is 0 Å². The van der Waals surface area contributed by atoms with Crippen LogP contribution in [0.25, 0.3) is 22.0 Å². The number of rotatable bonds is 11. The highest BCUT2D eigenvalue weighted by Crippen LogP contribution is 2.37. The molecule has 242 valence electrons. The Morgan fingerprint density at radius 2 is 1.85 bits per heavy atom. The largest absolute Gasteiger partial charge is 0.493 e. The van der Waals surface area contributed by atoms with Crippen molar-refractivity contribution in [3.8, 4) is 16.9 Å². The Hall–Kier alpha value is -4.19. The third-order valence-electron chi connectivity index (χ3n) is 8.83. The first-order valence-corrected chi connectivity index (χ1v) is 15.7. The van der Waals surface area contributed by atoms with Gasteiger partial charge in [-0.2, -0.15) is 0 Å². The van der Waals surface area contributed by atoms with E-state index in [1.54, 1.807) is 12.4 Å². The fourth-order valence-electron chi connectivity index (χ4n) is 6.36. The Morgan fingerprint density at radius 3 is 2.63 bits per heavy atom. The van der Waals surface area contributed by atoms with E-state index in [1.165, 1.54) is 4.90 Å². The zero-order valence-corrected chi connectivity index (χ0v) is 26.1. The van der Waals surface area contributed by atoms with E-state index >= 15 is 0 Å². The average Bonchev–Trinajstić information content (AvgIpc) is 3.35. The number of benzene rings is 2. The first-order chi connectivity index (χ1) is 22.2. The van der Waals surface area contributed by atoms with Gasteiger partial charge in [-0.25, -0.2) is 13.8 Å². The lowest BCUT2D eigenvalue weighted by Crippen LogP contribution is -2.37. The number of aliphatic carboxylic acids is 1. The van der Waals surface area contributed by atoms with Gasteiger partial charge in [0.2, 0.25) is 0 Å². The zero-order valence-electron chi connectivity index (χ0n) is 26.1. The van der Waals surface area contributed by atoms with E-state index in [-0.39, 0.29) is 6.54 Å². The maximum Gasteiger partial charge on any atom is 0.321 e. The van der Waals surface area contributed by atoms with E-state index in [2.05, 4.69) is 46.2 Å². The smallest absolute Gasteiger partial charge is 0.321 e. The fraction of sp³-hybridized carbons (Fsp3) is 0.400. The summed E-state index contributed by atoms with van der Waals surface area (Å²) in [7, 11) is 0. The highest BCUT2D eigenvalue weighted by Gasteiger charge is 2.48. The van der Waals surface area contributed by atoms with Crippen molar-refractivity contribution in [3.05, 3.63) is 77.6 Å². The molecule has 2 aromatic heterocycles. The Kier molecular flexibility index (Phi) is 9.44. The van der Waals surface area contributed by atoms with Crippen LogP contribution in [-0.4, -0.2) is 88.8 Å². The predicted octanol–water partition coefficient (Wildman–Crippen LogP) is 6.05. The Balaban J connectivity index is 1.17. The molecule has 0 bridgehead atoms. The van der Waals surface area contributed by atoms with Crippen LogP contribution >= 0.6 is 0 Å². The van der Waals surface area contributed by atoms with E-state index in [0.29, 0.717) is 23.5 Å². The maximum absolute atomic E-state index is 14.0. The number of ether oxygens (including phenoxy) is 2. The van der Waals surface area contributed by atoms with Crippen molar-refractivity contribution in [2.45, 2.75) is 45.2 Å². The second-order valence-electron chi connectivity index (χ2n) is 12.1. The molecule has 46 heavy (non-hydrogen) atoms. The number of carboxylic acids is 1. The molecule has 0 amide bonds. The molecule has 11 heteroatoms. The Morgan fingerprint density at radius 1 is 1.09 bits per heavy atom. The number of morpholine rings is 1. The number of hydrogen-bond acceptors (Lipinski definition) is 8. The number of nitrogens with one attached hydrogen (secondary N) is 1. The standard InChI is InChI=1S/C35H39F2N5O4/c1-23-27(28-7-4-9-31(24(28)2)46-15-5-12-41-13-16-45-17-14-41)6-3-8-29(23)40-33-32-26(10-11-38-33)18-25(20-39-32)21-42-22-35(36,37)19-30(42)34(43)44/h3-4,6-11,18,20,30H,5,12-17,19,21-22H2,1-2H3,(H,38,40)(H,43,44). The van der Waals surface area contributed by atoms with Gasteiger partial charge in [0, 0.05) is 56.1 Å². The average molecular weight is 632 g/mol. The van der Waals surface area contributed by atoms with Gasteiger partial charge in [0.25, 0.3) is 5.92 Å². The number of pyridine rings is 2. The van der Waals surface area contributed by atoms with Crippen molar-refractivity contribution in [2.75, 3.05) is 51.3 Å². The molecule has 0 aliphatic carbocycles. The van der Waals surface area contributed by atoms with E-state index < -0.39 is 30.9 Å². The lowest BCUT2D eigenvalue weighted by atomic mass is 9.95. The quantitative estimate of drug-likeness (QED) is 0.192. The molecule has 1 atom stereocenters. The third kappa shape index (κ3) is 7.11. The number of aromatic nitrogens is 2. The van der Waals surface area contributed by atoms with E-state index in [9.17, 15) is 18.7 Å². The molecular weight excluding hydrogens is 592 g/mol. The molecule has 2 aromatic carbocycles. The molecule has 2 saturated heterocycles. The van der Waals surface area contributed by atoms with Crippen molar-refractivity contribution < 1.29 is 28.2 Å². The van der Waals surface area contributed by atoms with Crippen LogP contribution in [0.2, 0.25) is 0 Å². The summed E-state index contributed by atoms with van der Waals surface area (Å²) < 4.78 is 39.7. The van der Waals surface area contributed by atoms with Crippen molar-refractivity contribution in [1.29, 1.82) is 0 Å². The van der Waals surface area contributed by atoms with Crippen LogP contribution in [0, 0.1) is 13.8 Å². The summed E-state index contributed by atoms with van der Waals surface area (Å²) in [4.78, 5) is 24.5. The minimum Gasteiger partial charge on any atom is -0.493 e. The monoisotopic (exact) mass is 631 g/mol. The molecule has 4 aromatic rings. The number of hydrogen-bond donors (Lipinski definition) is 2. The van der Waals surface area contributed by atoms with Gasteiger partial charge in [-0.05, 0) is 72.4 Å². The highest BCUT2D eigenvalue weighted by atomic mass is 19.3. The summed E-state index contributed by atoms with van der Waals surface area (Å²) >= 11 is 0. The zero-order chi connectivity index (χ0) is 32.3. The number of alkyl halides is 2. The molecular formula is C35H39F2N5O4. The highest BCUT2D eigenvalue weighted by molar-refractivity contribution is 5.91. The molecule has 0 radical (unpaired) electrons. The van der Waals surface area contributed by atoms with Crippen LogP contribution in [0.1, 0.15) is 29.5 Å². The van der Waals surface area contributed by atoms with Gasteiger partial charge >= 0.3 is 5.97 Å². The number of nitrogens with zero attached hydrogens (tertiary/aromatic N) is 4. The van der Waals surface area contributed by atoms with Crippen molar-refractivity contribution in [2.24, 2.45) is 0 Å². The molecule has 0 spiro atoms. The number of fused-ring (bicyclic) bond motifs is 1. The van der Waals surface area contributed by atoms with Gasteiger partial charge in [0.05, 0.1) is 26.4 Å². The Labute approximate surface area is 267 Å². The molecule has 0 saturated carbocycles. The van der Waals surface area contributed by atoms with Crippen LogP contribution in [-0.2, 0) is 16.1 Å². The van der Waals surface area contributed by atoms with Gasteiger partial charge in [0.1, 0.15) is 17.3 Å². The lowest BCUT2D eigenvalue weighted by Gasteiger charge is -2.26. The topological polar surface area (TPSA) is 100 Å². The van der Waals surface area contributed by atoms with E-state index in [0.717, 1.165) is 78.3 Å². The molecule has 4 heterocycles. The summed E-state index contributed by atoms with van der Waals surface area (Å²) in [6.07, 6.45) is 3.53. The Bertz CT molecular complexity index is 1710. The number of halogens is 2. The minimum absolute atomic E-state index is 0.0672. The lowest BCUT2D eigenvalue weighted by molar-refractivity contribution is -0.142. The SMILES string of the molecule is Cc1c(Nc2nccc3cc(CN4CC(F)(F)CC4C(=O)O)cnc23)cccc1-c1cccc(OCCCN2CCOCC2)c1C. The summed E-state index contributed by atoms with van der Waals surface area (Å²) in [5, 5.41) is 13.7. The molecule has 2 N–H and O–H groups in total. The fourth-order valence-corrected chi connectivity index (χ4v) is 6.36. The van der Waals surface area contributed by atoms with Crippen LogP contribution in [0.5, 0.6) is 5.75 Å². The number of carbonyl (C=O) groups is 1. The second-order valence-corrected chi connectivity index (χ2v) is 12.1. The number of carboxylic acid groups (broad SMARTS) is 1. The van der Waals surface area contributed by atoms with Crippen LogP contribution in [0.15, 0.2) is 60.9 Å². The summed E-state index contributed by atoms with van der Waals surface area (Å²) in [6.45, 7) is 8.80. The van der Waals surface area contributed by atoms with E-state index in [1.807, 2.05) is 36.4 Å². The number of likely N-dealkylation sites (tertiary alicyclic amines) is 1. The molecule has 2 aliphatic rings. The maximum atomic E-state index is 14.0. The summed E-state index contributed by atoms with van der Waals surface area (Å²) in [5.41, 5.74) is 6.45. The van der Waals surface area contributed by atoms with E-state index in [4.69, 9.17) is 9.47 Å². The van der Waals surface area contributed by atoms with Gasteiger partial charge < -0.3 is 19.9 Å². The van der Waals surface area contributed by atoms with Crippen LogP contribution in [0.3, 0.4) is 0 Å². The minimum atomic E-state index is -3.03. The molecule has 6 rings (SSSR count). The summed E-state index contributed by atoms with van der Waals surface area (Å²) in [6, 6.07) is 14.7. The van der Waals surface area contributed by atoms with Crippen molar-refractivity contribution >= 4 is 28.4 Å². The molecule has 2 fully saturated rings.